The van der Waals surface area contributed by atoms with Crippen LogP contribution in [0.3, 0.4) is 0 Å². The van der Waals surface area contributed by atoms with Crippen LogP contribution < -0.4 is 10.6 Å². The van der Waals surface area contributed by atoms with E-state index in [1.165, 1.54) is 24.3 Å². The van der Waals surface area contributed by atoms with E-state index in [-0.39, 0.29) is 29.7 Å². The number of hydrogen-bond acceptors (Lipinski definition) is 2. The molecule has 6 heteroatoms. The lowest BCUT2D eigenvalue weighted by Crippen LogP contribution is -2.48. The summed E-state index contributed by atoms with van der Waals surface area (Å²) in [7, 11) is 0. The van der Waals surface area contributed by atoms with Crippen molar-refractivity contribution in [2.45, 2.75) is 39.2 Å². The number of likely N-dealkylation sites (tertiary alicyclic amines) is 1. The molecule has 2 unspecified atom stereocenters. The highest BCUT2D eigenvalue weighted by atomic mass is 19.1. The Morgan fingerprint density at radius 3 is 2.70 bits per heavy atom. The minimum Gasteiger partial charge on any atom is -0.353 e. The van der Waals surface area contributed by atoms with E-state index in [1.807, 2.05) is 13.8 Å². The van der Waals surface area contributed by atoms with Gasteiger partial charge >= 0.3 is 6.03 Å². The zero-order chi connectivity index (χ0) is 16.8. The maximum atomic E-state index is 12.9. The standard InChI is InChI=1S/C17H24FN3O2/c1-3-12(2)19-16(22)13-5-4-10-21(11-13)17(23)20-15-8-6-14(18)7-9-15/h6-9,12-13H,3-5,10-11H2,1-2H3,(H,19,22)(H,20,23). The third-order valence-electron chi connectivity index (χ3n) is 4.18. The first kappa shape index (κ1) is 17.2. The van der Waals surface area contributed by atoms with E-state index in [9.17, 15) is 14.0 Å². The monoisotopic (exact) mass is 321 g/mol. The molecule has 1 aromatic carbocycles. The molecule has 0 bridgehead atoms. The van der Waals surface area contributed by atoms with Crippen molar-refractivity contribution in [2.24, 2.45) is 5.92 Å². The van der Waals surface area contributed by atoms with Gasteiger partial charge in [-0.1, -0.05) is 6.92 Å². The van der Waals surface area contributed by atoms with Crippen LogP contribution in [0.15, 0.2) is 24.3 Å². The van der Waals surface area contributed by atoms with Crippen LogP contribution in [-0.4, -0.2) is 36.0 Å². The number of piperidine rings is 1. The molecule has 2 atom stereocenters. The summed E-state index contributed by atoms with van der Waals surface area (Å²) in [6, 6.07) is 5.53. The van der Waals surface area contributed by atoms with Crippen LogP contribution in [0.25, 0.3) is 0 Å². The van der Waals surface area contributed by atoms with Gasteiger partial charge in [0.2, 0.25) is 5.91 Å². The van der Waals surface area contributed by atoms with E-state index in [2.05, 4.69) is 10.6 Å². The zero-order valence-corrected chi connectivity index (χ0v) is 13.6. The number of anilines is 1. The second kappa shape index (κ2) is 7.94. The lowest BCUT2D eigenvalue weighted by Gasteiger charge is -2.32. The van der Waals surface area contributed by atoms with Gasteiger partial charge in [0.15, 0.2) is 0 Å². The van der Waals surface area contributed by atoms with Gasteiger partial charge in [0.25, 0.3) is 0 Å². The Morgan fingerprint density at radius 2 is 2.04 bits per heavy atom. The maximum absolute atomic E-state index is 12.9. The largest absolute Gasteiger partial charge is 0.353 e. The van der Waals surface area contributed by atoms with E-state index < -0.39 is 0 Å². The number of hydrogen-bond donors (Lipinski definition) is 2. The first-order chi connectivity index (χ1) is 11.0. The third-order valence-corrected chi connectivity index (χ3v) is 4.18. The molecule has 126 valence electrons. The summed E-state index contributed by atoms with van der Waals surface area (Å²) in [6.07, 6.45) is 2.48. The summed E-state index contributed by atoms with van der Waals surface area (Å²) < 4.78 is 12.9. The Kier molecular flexibility index (Phi) is 5.96. The molecule has 3 amide bonds. The highest BCUT2D eigenvalue weighted by molar-refractivity contribution is 5.90. The summed E-state index contributed by atoms with van der Waals surface area (Å²) >= 11 is 0. The lowest BCUT2D eigenvalue weighted by molar-refractivity contribution is -0.126. The van der Waals surface area contributed by atoms with Crippen molar-refractivity contribution in [3.8, 4) is 0 Å². The molecule has 0 aliphatic carbocycles. The summed E-state index contributed by atoms with van der Waals surface area (Å²) in [5.41, 5.74) is 0.544. The molecule has 2 rings (SSSR count). The van der Waals surface area contributed by atoms with E-state index in [4.69, 9.17) is 0 Å². The summed E-state index contributed by atoms with van der Waals surface area (Å²) in [4.78, 5) is 26.2. The molecule has 2 N–H and O–H groups in total. The lowest BCUT2D eigenvalue weighted by atomic mass is 9.97. The van der Waals surface area contributed by atoms with Crippen LogP contribution in [0.2, 0.25) is 0 Å². The van der Waals surface area contributed by atoms with Gasteiger partial charge in [-0.05, 0) is 50.5 Å². The fourth-order valence-corrected chi connectivity index (χ4v) is 2.57. The van der Waals surface area contributed by atoms with E-state index in [1.54, 1.807) is 4.90 Å². The van der Waals surface area contributed by atoms with Crippen molar-refractivity contribution < 1.29 is 14.0 Å². The molecular weight excluding hydrogens is 297 g/mol. The number of halogens is 1. The number of amides is 3. The molecular formula is C17H24FN3O2. The van der Waals surface area contributed by atoms with Crippen LogP contribution >= 0.6 is 0 Å². The summed E-state index contributed by atoms with van der Waals surface area (Å²) in [5, 5.41) is 5.71. The average Bonchev–Trinajstić information content (AvgIpc) is 2.56. The topological polar surface area (TPSA) is 61.4 Å². The Morgan fingerprint density at radius 1 is 1.35 bits per heavy atom. The van der Waals surface area contributed by atoms with Gasteiger partial charge in [-0.2, -0.15) is 0 Å². The summed E-state index contributed by atoms with van der Waals surface area (Å²) in [6.45, 7) is 5.03. The molecule has 0 radical (unpaired) electrons. The Labute approximate surface area is 136 Å². The highest BCUT2D eigenvalue weighted by Gasteiger charge is 2.28. The van der Waals surface area contributed by atoms with Gasteiger partial charge < -0.3 is 15.5 Å². The van der Waals surface area contributed by atoms with Gasteiger partial charge in [0, 0.05) is 24.8 Å². The van der Waals surface area contributed by atoms with Crippen LogP contribution in [0.4, 0.5) is 14.9 Å². The molecule has 1 aromatic rings. The van der Waals surface area contributed by atoms with Crippen LogP contribution in [-0.2, 0) is 4.79 Å². The zero-order valence-electron chi connectivity index (χ0n) is 13.6. The first-order valence-corrected chi connectivity index (χ1v) is 8.11. The minimum atomic E-state index is -0.345. The molecule has 0 aromatic heterocycles. The predicted molar refractivity (Wildman–Crippen MR) is 87.6 cm³/mol. The second-order valence-corrected chi connectivity index (χ2v) is 6.04. The van der Waals surface area contributed by atoms with Crippen molar-refractivity contribution in [3.63, 3.8) is 0 Å². The quantitative estimate of drug-likeness (QED) is 0.895. The second-order valence-electron chi connectivity index (χ2n) is 6.04. The molecule has 0 saturated carbocycles. The first-order valence-electron chi connectivity index (χ1n) is 8.11. The van der Waals surface area contributed by atoms with Crippen LogP contribution in [0, 0.1) is 11.7 Å². The number of benzene rings is 1. The molecule has 1 fully saturated rings. The third kappa shape index (κ3) is 4.94. The van der Waals surface area contributed by atoms with Crippen molar-refractivity contribution in [2.75, 3.05) is 18.4 Å². The number of nitrogens with zero attached hydrogens (tertiary/aromatic N) is 1. The van der Waals surface area contributed by atoms with Crippen molar-refractivity contribution in [1.82, 2.24) is 10.2 Å². The molecule has 1 saturated heterocycles. The van der Waals surface area contributed by atoms with Gasteiger partial charge in [-0.15, -0.1) is 0 Å². The van der Waals surface area contributed by atoms with Gasteiger partial charge in [0.1, 0.15) is 5.82 Å². The summed E-state index contributed by atoms with van der Waals surface area (Å²) in [5.74, 6) is -0.502. The number of carbonyl (C=O) groups excluding carboxylic acids is 2. The minimum absolute atomic E-state index is 0.0126. The number of carbonyl (C=O) groups is 2. The van der Waals surface area contributed by atoms with E-state index in [0.717, 1.165) is 19.3 Å². The highest BCUT2D eigenvalue weighted by Crippen LogP contribution is 2.18. The molecule has 0 spiro atoms. The smallest absolute Gasteiger partial charge is 0.321 e. The van der Waals surface area contributed by atoms with Crippen LogP contribution in [0.1, 0.15) is 33.1 Å². The van der Waals surface area contributed by atoms with Gasteiger partial charge in [-0.25, -0.2) is 9.18 Å². The fourth-order valence-electron chi connectivity index (χ4n) is 2.57. The molecule has 1 heterocycles. The van der Waals surface area contributed by atoms with Gasteiger partial charge in [0.05, 0.1) is 5.92 Å². The number of nitrogens with one attached hydrogen (secondary N) is 2. The fraction of sp³-hybridized carbons (Fsp3) is 0.529. The average molecular weight is 321 g/mol. The van der Waals surface area contributed by atoms with Crippen molar-refractivity contribution >= 4 is 17.6 Å². The Hall–Kier alpha value is -2.11. The van der Waals surface area contributed by atoms with E-state index in [0.29, 0.717) is 18.8 Å². The SMILES string of the molecule is CCC(C)NC(=O)C1CCCN(C(=O)Nc2ccc(F)cc2)C1. The number of urea groups is 1. The molecule has 1 aliphatic rings. The Balaban J connectivity index is 1.90. The van der Waals surface area contributed by atoms with Gasteiger partial charge in [-0.3, -0.25) is 4.79 Å². The molecule has 5 nitrogen and oxygen atoms in total. The van der Waals surface area contributed by atoms with Crippen molar-refractivity contribution in [3.05, 3.63) is 30.1 Å². The normalized spacial score (nSPS) is 19.1. The number of rotatable bonds is 4. The maximum Gasteiger partial charge on any atom is 0.321 e. The molecule has 23 heavy (non-hydrogen) atoms. The molecule has 1 aliphatic heterocycles. The Bertz CT molecular complexity index is 547. The predicted octanol–water partition coefficient (Wildman–Crippen LogP) is 2.98. The van der Waals surface area contributed by atoms with Crippen molar-refractivity contribution in [1.29, 1.82) is 0 Å². The van der Waals surface area contributed by atoms with Crippen LogP contribution in [0.5, 0.6) is 0 Å². The van der Waals surface area contributed by atoms with E-state index >= 15 is 0 Å².